The summed E-state index contributed by atoms with van der Waals surface area (Å²) in [6, 6.07) is 3.90. The summed E-state index contributed by atoms with van der Waals surface area (Å²) < 4.78 is 18.3. The molecule has 0 aromatic heterocycles. The number of nitrogens with two attached hydrogens (primary N) is 1. The zero-order valence-corrected chi connectivity index (χ0v) is 10.1. The molecule has 5 heteroatoms. The number of hydrogen-bond donors (Lipinski definition) is 2. The molecule has 0 atom stereocenters. The minimum Gasteiger partial charge on any atom is -0.397 e. The van der Waals surface area contributed by atoms with Crippen LogP contribution < -0.4 is 11.1 Å². The molecule has 0 unspecified atom stereocenters. The van der Waals surface area contributed by atoms with Gasteiger partial charge in [-0.1, -0.05) is 0 Å². The average molecular weight is 252 g/mol. The third-order valence-corrected chi connectivity index (χ3v) is 3.02. The van der Waals surface area contributed by atoms with Crippen LogP contribution in [0.2, 0.25) is 0 Å². The number of carbonyl (C=O) groups excluding carboxylic acids is 1. The van der Waals surface area contributed by atoms with E-state index in [9.17, 15) is 9.18 Å². The third-order valence-electron chi connectivity index (χ3n) is 3.02. The fourth-order valence-electron chi connectivity index (χ4n) is 1.72. The molecule has 0 radical (unpaired) electrons. The van der Waals surface area contributed by atoms with E-state index in [-0.39, 0.29) is 18.0 Å². The van der Waals surface area contributed by atoms with Crippen molar-refractivity contribution in [2.24, 2.45) is 0 Å². The molecule has 2 rings (SSSR count). The first-order valence-electron chi connectivity index (χ1n) is 6.11. The zero-order valence-electron chi connectivity index (χ0n) is 10.1. The highest BCUT2D eigenvalue weighted by atomic mass is 19.1. The lowest BCUT2D eigenvalue weighted by atomic mass is 9.96. The van der Waals surface area contributed by atoms with Gasteiger partial charge in [0.2, 0.25) is 5.91 Å². The van der Waals surface area contributed by atoms with Gasteiger partial charge >= 0.3 is 0 Å². The lowest BCUT2D eigenvalue weighted by Crippen LogP contribution is -2.24. The van der Waals surface area contributed by atoms with Crippen molar-refractivity contribution in [3.05, 3.63) is 24.0 Å². The van der Waals surface area contributed by atoms with Gasteiger partial charge in [-0.2, -0.15) is 0 Å². The second kappa shape index (κ2) is 5.82. The molecule has 1 aromatic carbocycles. The molecule has 1 aromatic rings. The predicted molar refractivity (Wildman–Crippen MR) is 67.7 cm³/mol. The van der Waals surface area contributed by atoms with Gasteiger partial charge in [0, 0.05) is 0 Å². The van der Waals surface area contributed by atoms with Crippen molar-refractivity contribution < 1.29 is 13.9 Å². The highest BCUT2D eigenvalue weighted by molar-refractivity contribution is 5.93. The molecule has 1 aliphatic rings. The van der Waals surface area contributed by atoms with Crippen LogP contribution in [0.3, 0.4) is 0 Å². The molecule has 98 valence electrons. The van der Waals surface area contributed by atoms with Crippen LogP contribution in [0.4, 0.5) is 15.8 Å². The molecule has 1 amide bonds. The van der Waals surface area contributed by atoms with Crippen molar-refractivity contribution in [3.8, 4) is 0 Å². The van der Waals surface area contributed by atoms with Crippen LogP contribution in [-0.2, 0) is 9.53 Å². The SMILES string of the molecule is Nc1cc(F)ccc1NC(=O)CCOC1CCC1. The number of nitrogens with one attached hydrogen (secondary N) is 1. The molecule has 3 N–H and O–H groups in total. The molecule has 0 bridgehead atoms. The number of rotatable bonds is 5. The third kappa shape index (κ3) is 3.43. The number of carbonyl (C=O) groups is 1. The number of ether oxygens (including phenoxy) is 1. The zero-order chi connectivity index (χ0) is 13.0. The van der Waals surface area contributed by atoms with Gasteiger partial charge in [0.25, 0.3) is 0 Å². The average Bonchev–Trinajstić information content (AvgIpc) is 2.26. The molecule has 0 heterocycles. The Bertz CT molecular complexity index is 433. The first kappa shape index (κ1) is 12.8. The Labute approximate surface area is 105 Å². The molecule has 1 saturated carbocycles. The number of nitrogen functional groups attached to an aromatic ring is 1. The number of anilines is 2. The van der Waals surface area contributed by atoms with E-state index in [4.69, 9.17) is 10.5 Å². The Balaban J connectivity index is 1.75. The second-order valence-electron chi connectivity index (χ2n) is 4.45. The highest BCUT2D eigenvalue weighted by Crippen LogP contribution is 2.22. The number of hydrogen-bond acceptors (Lipinski definition) is 3. The van der Waals surface area contributed by atoms with Crippen molar-refractivity contribution in [2.45, 2.75) is 31.8 Å². The van der Waals surface area contributed by atoms with Crippen molar-refractivity contribution in [2.75, 3.05) is 17.7 Å². The van der Waals surface area contributed by atoms with Crippen LogP contribution in [0.15, 0.2) is 18.2 Å². The maximum atomic E-state index is 12.8. The predicted octanol–water partition coefficient (Wildman–Crippen LogP) is 2.31. The summed E-state index contributed by atoms with van der Waals surface area (Å²) in [6.07, 6.45) is 4.00. The van der Waals surface area contributed by atoms with E-state index < -0.39 is 5.82 Å². The summed E-state index contributed by atoms with van der Waals surface area (Å²) in [7, 11) is 0. The van der Waals surface area contributed by atoms with E-state index in [0.29, 0.717) is 18.4 Å². The molecular formula is C13H17FN2O2. The van der Waals surface area contributed by atoms with Gasteiger partial charge in [0.05, 0.1) is 30.5 Å². The summed E-state index contributed by atoms with van der Waals surface area (Å²) in [5.41, 5.74) is 6.25. The number of benzene rings is 1. The van der Waals surface area contributed by atoms with Gasteiger partial charge in [-0.15, -0.1) is 0 Å². The molecule has 1 aliphatic carbocycles. The van der Waals surface area contributed by atoms with Crippen LogP contribution in [0, 0.1) is 5.82 Å². The maximum Gasteiger partial charge on any atom is 0.226 e. The summed E-state index contributed by atoms with van der Waals surface area (Å²) in [4.78, 5) is 11.6. The smallest absolute Gasteiger partial charge is 0.226 e. The van der Waals surface area contributed by atoms with Gasteiger partial charge in [0.15, 0.2) is 0 Å². The first-order chi connectivity index (χ1) is 8.65. The van der Waals surface area contributed by atoms with Crippen LogP contribution in [0.1, 0.15) is 25.7 Å². The Morgan fingerprint density at radius 3 is 2.89 bits per heavy atom. The van der Waals surface area contributed by atoms with Crippen LogP contribution in [0.25, 0.3) is 0 Å². The Morgan fingerprint density at radius 2 is 2.28 bits per heavy atom. The summed E-state index contributed by atoms with van der Waals surface area (Å²) in [5, 5.41) is 2.64. The van der Waals surface area contributed by atoms with Gasteiger partial charge in [0.1, 0.15) is 5.82 Å². The van der Waals surface area contributed by atoms with E-state index in [1.807, 2.05) is 0 Å². The minimum atomic E-state index is -0.418. The minimum absolute atomic E-state index is 0.173. The van der Waals surface area contributed by atoms with Crippen LogP contribution in [-0.4, -0.2) is 18.6 Å². The highest BCUT2D eigenvalue weighted by Gasteiger charge is 2.17. The summed E-state index contributed by atoms with van der Waals surface area (Å²) >= 11 is 0. The standard InChI is InChI=1S/C13H17FN2O2/c14-9-4-5-12(11(15)8-9)16-13(17)6-7-18-10-2-1-3-10/h4-5,8,10H,1-3,6-7,15H2,(H,16,17). The lowest BCUT2D eigenvalue weighted by molar-refractivity contribution is -0.118. The molecule has 0 saturated heterocycles. The van der Waals surface area contributed by atoms with Gasteiger partial charge < -0.3 is 15.8 Å². The van der Waals surface area contributed by atoms with E-state index in [1.54, 1.807) is 0 Å². The normalized spacial score (nSPS) is 15.2. The fourth-order valence-corrected chi connectivity index (χ4v) is 1.72. The maximum absolute atomic E-state index is 12.8. The Morgan fingerprint density at radius 1 is 1.50 bits per heavy atom. The van der Waals surface area contributed by atoms with Crippen molar-refractivity contribution in [1.29, 1.82) is 0 Å². The molecule has 18 heavy (non-hydrogen) atoms. The van der Waals surface area contributed by atoms with Crippen molar-refractivity contribution in [3.63, 3.8) is 0 Å². The molecule has 0 spiro atoms. The van der Waals surface area contributed by atoms with Gasteiger partial charge in [-0.05, 0) is 37.5 Å². The lowest BCUT2D eigenvalue weighted by Gasteiger charge is -2.25. The number of amides is 1. The fraction of sp³-hybridized carbons (Fsp3) is 0.462. The Hall–Kier alpha value is -1.62. The molecule has 1 fully saturated rings. The molecule has 4 nitrogen and oxygen atoms in total. The van der Waals surface area contributed by atoms with Crippen molar-refractivity contribution in [1.82, 2.24) is 0 Å². The first-order valence-corrected chi connectivity index (χ1v) is 6.11. The number of halogens is 1. The molecular weight excluding hydrogens is 235 g/mol. The van der Waals surface area contributed by atoms with Crippen LogP contribution in [0.5, 0.6) is 0 Å². The van der Waals surface area contributed by atoms with E-state index in [0.717, 1.165) is 12.8 Å². The monoisotopic (exact) mass is 252 g/mol. The molecule has 0 aliphatic heterocycles. The Kier molecular flexibility index (Phi) is 4.15. The van der Waals surface area contributed by atoms with E-state index in [1.165, 1.54) is 24.6 Å². The van der Waals surface area contributed by atoms with E-state index in [2.05, 4.69) is 5.32 Å². The summed E-state index contributed by atoms with van der Waals surface area (Å²) in [6.45, 7) is 0.414. The van der Waals surface area contributed by atoms with Gasteiger partial charge in [-0.25, -0.2) is 4.39 Å². The topological polar surface area (TPSA) is 64.3 Å². The van der Waals surface area contributed by atoms with E-state index >= 15 is 0 Å². The quantitative estimate of drug-likeness (QED) is 0.790. The second-order valence-corrected chi connectivity index (χ2v) is 4.45. The van der Waals surface area contributed by atoms with Crippen molar-refractivity contribution >= 4 is 17.3 Å². The van der Waals surface area contributed by atoms with Crippen LogP contribution >= 0.6 is 0 Å². The summed E-state index contributed by atoms with van der Waals surface area (Å²) in [5.74, 6) is -0.591. The van der Waals surface area contributed by atoms with Gasteiger partial charge in [-0.3, -0.25) is 4.79 Å². The largest absolute Gasteiger partial charge is 0.397 e.